The first-order valence-corrected chi connectivity index (χ1v) is 5.80. The molecule has 1 aromatic heterocycles. The van der Waals surface area contributed by atoms with Gasteiger partial charge in [0.1, 0.15) is 5.01 Å². The van der Waals surface area contributed by atoms with Crippen LogP contribution in [0.5, 0.6) is 0 Å². The Labute approximate surface area is 89.5 Å². The summed E-state index contributed by atoms with van der Waals surface area (Å²) in [5, 5.41) is 4.41. The van der Waals surface area contributed by atoms with Gasteiger partial charge in [-0.25, -0.2) is 4.98 Å². The fraction of sp³-hybridized carbons (Fsp3) is 0.700. The highest BCUT2D eigenvalue weighted by Gasteiger charge is 2.08. The summed E-state index contributed by atoms with van der Waals surface area (Å²) in [6.45, 7) is 6.81. The lowest BCUT2D eigenvalue weighted by molar-refractivity contribution is 0.184. The Hall–Kier alpha value is -0.450. The van der Waals surface area contributed by atoms with Crippen molar-refractivity contribution in [1.29, 1.82) is 0 Å². The molecule has 0 saturated carbocycles. The molecule has 0 aromatic carbocycles. The third-order valence-corrected chi connectivity index (χ3v) is 3.03. The molecule has 0 amide bonds. The maximum atomic E-state index is 5.07. The number of hydrogen-bond donors (Lipinski definition) is 1. The highest BCUT2D eigenvalue weighted by Crippen LogP contribution is 2.19. The van der Waals surface area contributed by atoms with Crippen LogP contribution in [0.15, 0.2) is 0 Å². The monoisotopic (exact) mass is 214 g/mol. The van der Waals surface area contributed by atoms with Crippen LogP contribution in [-0.4, -0.2) is 18.6 Å². The highest BCUT2D eigenvalue weighted by atomic mass is 32.1. The molecule has 0 spiro atoms. The molecule has 0 fully saturated rings. The number of nitrogens with zero attached hydrogens (tertiary/aromatic N) is 1. The van der Waals surface area contributed by atoms with Crippen LogP contribution < -0.4 is 5.32 Å². The van der Waals surface area contributed by atoms with Gasteiger partial charge in [-0.15, -0.1) is 11.3 Å². The molecule has 14 heavy (non-hydrogen) atoms. The molecule has 0 aliphatic heterocycles. The van der Waals surface area contributed by atoms with Gasteiger partial charge < -0.3 is 10.1 Å². The van der Waals surface area contributed by atoms with Gasteiger partial charge in [-0.3, -0.25) is 0 Å². The van der Waals surface area contributed by atoms with Crippen molar-refractivity contribution < 1.29 is 4.74 Å². The van der Waals surface area contributed by atoms with Crippen LogP contribution in [0.3, 0.4) is 0 Å². The molecule has 3 nitrogen and oxygen atoms in total. The topological polar surface area (TPSA) is 34.1 Å². The first-order chi connectivity index (χ1) is 6.81. The molecule has 1 heterocycles. The van der Waals surface area contributed by atoms with Crippen LogP contribution in [0.4, 0.5) is 0 Å². The molecule has 1 rings (SSSR count). The maximum absolute atomic E-state index is 5.07. The van der Waals surface area contributed by atoms with Gasteiger partial charge in [-0.2, -0.15) is 0 Å². The Kier molecular flexibility index (Phi) is 5.07. The Bertz CT molecular complexity index is 273. The van der Waals surface area contributed by atoms with E-state index in [1.165, 1.54) is 10.6 Å². The van der Waals surface area contributed by atoms with E-state index in [4.69, 9.17) is 4.74 Å². The summed E-state index contributed by atoms with van der Waals surface area (Å²) in [7, 11) is 1.71. The van der Waals surface area contributed by atoms with Gasteiger partial charge in [0, 0.05) is 18.5 Å². The van der Waals surface area contributed by atoms with Crippen molar-refractivity contribution in [3.05, 3.63) is 15.6 Å². The van der Waals surface area contributed by atoms with E-state index < -0.39 is 0 Å². The molecule has 0 saturated heterocycles. The first-order valence-electron chi connectivity index (χ1n) is 4.98. The third-order valence-electron chi connectivity index (χ3n) is 1.96. The number of methoxy groups -OCH3 is 1. The summed E-state index contributed by atoms with van der Waals surface area (Å²) in [6, 6.07) is 0. The minimum Gasteiger partial charge on any atom is -0.378 e. The lowest BCUT2D eigenvalue weighted by Crippen LogP contribution is -2.11. The average molecular weight is 214 g/mol. The largest absolute Gasteiger partial charge is 0.378 e. The van der Waals surface area contributed by atoms with E-state index >= 15 is 0 Å². The normalized spacial score (nSPS) is 10.8. The molecule has 4 heteroatoms. The van der Waals surface area contributed by atoms with E-state index in [1.54, 1.807) is 18.4 Å². The average Bonchev–Trinajstić information content (AvgIpc) is 2.58. The van der Waals surface area contributed by atoms with Gasteiger partial charge in [0.25, 0.3) is 0 Å². The SMILES string of the molecule is CCNCc1sc(COC)nc1CC. The number of ether oxygens (including phenoxy) is 1. The molecular formula is C10H18N2OS. The number of thiazole rings is 1. The second kappa shape index (κ2) is 6.11. The first kappa shape index (κ1) is 11.6. The Morgan fingerprint density at radius 2 is 2.21 bits per heavy atom. The van der Waals surface area contributed by atoms with Gasteiger partial charge in [0.15, 0.2) is 0 Å². The Balaban J connectivity index is 2.69. The summed E-state index contributed by atoms with van der Waals surface area (Å²) >= 11 is 1.75. The molecule has 0 aliphatic rings. The lowest BCUT2D eigenvalue weighted by atomic mass is 10.3. The predicted octanol–water partition coefficient (Wildman–Crippen LogP) is 1.96. The van der Waals surface area contributed by atoms with E-state index in [-0.39, 0.29) is 0 Å². The number of rotatable bonds is 6. The Morgan fingerprint density at radius 1 is 1.43 bits per heavy atom. The van der Waals surface area contributed by atoms with Gasteiger partial charge >= 0.3 is 0 Å². The molecule has 80 valence electrons. The fourth-order valence-corrected chi connectivity index (χ4v) is 2.37. The predicted molar refractivity (Wildman–Crippen MR) is 59.6 cm³/mol. The minimum atomic E-state index is 0.629. The van der Waals surface area contributed by atoms with E-state index in [9.17, 15) is 0 Å². The number of nitrogens with one attached hydrogen (secondary N) is 1. The molecule has 1 aromatic rings. The van der Waals surface area contributed by atoms with Crippen molar-refractivity contribution in [3.63, 3.8) is 0 Å². The van der Waals surface area contributed by atoms with Gasteiger partial charge in [0.2, 0.25) is 0 Å². The summed E-state index contributed by atoms with van der Waals surface area (Å²) in [4.78, 5) is 5.87. The van der Waals surface area contributed by atoms with Gasteiger partial charge in [-0.05, 0) is 13.0 Å². The standard InChI is InChI=1S/C10H18N2OS/c1-4-8-9(6-11-5-2)14-10(12-8)7-13-3/h11H,4-7H2,1-3H3. The van der Waals surface area contributed by atoms with Crippen LogP contribution in [0.2, 0.25) is 0 Å². The van der Waals surface area contributed by atoms with E-state index in [1.807, 2.05) is 0 Å². The number of aryl methyl sites for hydroxylation is 1. The number of hydrogen-bond acceptors (Lipinski definition) is 4. The zero-order valence-electron chi connectivity index (χ0n) is 9.09. The summed E-state index contributed by atoms with van der Waals surface area (Å²) in [5.74, 6) is 0. The van der Waals surface area contributed by atoms with Crippen molar-refractivity contribution in [3.8, 4) is 0 Å². The second-order valence-corrected chi connectivity index (χ2v) is 4.21. The minimum absolute atomic E-state index is 0.629. The summed E-state index contributed by atoms with van der Waals surface area (Å²) in [6.07, 6.45) is 1.00. The molecule has 1 N–H and O–H groups in total. The van der Waals surface area contributed by atoms with Crippen molar-refractivity contribution in [2.45, 2.75) is 33.4 Å². The smallest absolute Gasteiger partial charge is 0.119 e. The molecule has 0 aliphatic carbocycles. The zero-order chi connectivity index (χ0) is 10.4. The van der Waals surface area contributed by atoms with Crippen molar-refractivity contribution in [2.75, 3.05) is 13.7 Å². The van der Waals surface area contributed by atoms with Crippen LogP contribution >= 0.6 is 11.3 Å². The molecular weight excluding hydrogens is 196 g/mol. The van der Waals surface area contributed by atoms with Crippen molar-refractivity contribution in [2.24, 2.45) is 0 Å². The number of aromatic nitrogens is 1. The molecule has 0 radical (unpaired) electrons. The van der Waals surface area contributed by atoms with Crippen LogP contribution in [-0.2, 0) is 24.3 Å². The third kappa shape index (κ3) is 3.04. The van der Waals surface area contributed by atoms with Gasteiger partial charge in [0.05, 0.1) is 12.3 Å². The van der Waals surface area contributed by atoms with Gasteiger partial charge in [-0.1, -0.05) is 13.8 Å². The summed E-state index contributed by atoms with van der Waals surface area (Å²) < 4.78 is 5.07. The van der Waals surface area contributed by atoms with Crippen molar-refractivity contribution >= 4 is 11.3 Å². The summed E-state index contributed by atoms with van der Waals surface area (Å²) in [5.41, 5.74) is 1.21. The maximum Gasteiger partial charge on any atom is 0.119 e. The highest BCUT2D eigenvalue weighted by molar-refractivity contribution is 7.11. The zero-order valence-corrected chi connectivity index (χ0v) is 9.91. The van der Waals surface area contributed by atoms with Crippen LogP contribution in [0.1, 0.15) is 29.4 Å². The second-order valence-electron chi connectivity index (χ2n) is 3.04. The lowest BCUT2D eigenvalue weighted by Gasteiger charge is -1.99. The molecule has 0 bridgehead atoms. The van der Waals surface area contributed by atoms with Crippen LogP contribution in [0, 0.1) is 0 Å². The van der Waals surface area contributed by atoms with E-state index in [0.717, 1.165) is 24.5 Å². The quantitative estimate of drug-likeness (QED) is 0.786. The Morgan fingerprint density at radius 3 is 2.79 bits per heavy atom. The molecule has 0 atom stereocenters. The van der Waals surface area contributed by atoms with E-state index in [0.29, 0.717) is 6.61 Å². The van der Waals surface area contributed by atoms with Crippen LogP contribution in [0.25, 0.3) is 0 Å². The fourth-order valence-electron chi connectivity index (χ4n) is 1.27. The van der Waals surface area contributed by atoms with Crippen molar-refractivity contribution in [1.82, 2.24) is 10.3 Å². The van der Waals surface area contributed by atoms with E-state index in [2.05, 4.69) is 24.1 Å². The molecule has 0 unspecified atom stereocenters.